The van der Waals surface area contributed by atoms with Crippen LogP contribution >= 0.6 is 11.6 Å². The molecule has 0 radical (unpaired) electrons. The monoisotopic (exact) mass is 309 g/mol. The Hall–Kier alpha value is -1.26. The average molecular weight is 310 g/mol. The fourth-order valence-corrected chi connectivity index (χ4v) is 3.27. The zero-order chi connectivity index (χ0) is 15.5. The third kappa shape index (κ3) is 3.33. The summed E-state index contributed by atoms with van der Waals surface area (Å²) in [6.07, 6.45) is 0.846. The molecule has 1 unspecified atom stereocenters. The van der Waals surface area contributed by atoms with Crippen LogP contribution in [0.4, 0.5) is 5.69 Å². The van der Waals surface area contributed by atoms with E-state index in [-0.39, 0.29) is 11.3 Å². The van der Waals surface area contributed by atoms with Gasteiger partial charge in [0.25, 0.3) is 0 Å². The Morgan fingerprint density at radius 3 is 2.90 bits per heavy atom. The van der Waals surface area contributed by atoms with Gasteiger partial charge in [-0.05, 0) is 31.5 Å². The van der Waals surface area contributed by atoms with E-state index in [4.69, 9.17) is 11.6 Å². The number of anilines is 1. The molecule has 1 heterocycles. The first kappa shape index (κ1) is 16.1. The van der Waals surface area contributed by atoms with Crippen LogP contribution in [-0.2, 0) is 11.3 Å². The summed E-state index contributed by atoms with van der Waals surface area (Å²) in [6.45, 7) is 7.37. The van der Waals surface area contributed by atoms with Crippen LogP contribution in [0.1, 0.15) is 25.8 Å². The molecule has 2 rings (SSSR count). The third-order valence-corrected chi connectivity index (χ3v) is 4.51. The van der Waals surface area contributed by atoms with E-state index in [1.807, 2.05) is 19.1 Å². The molecule has 116 valence electrons. The standard InChI is InChI=1S/C16H24ClN3O/c1-4-19-10-12-6-5-7-13(17)14(12)20-9-8-16(2,11-20)15(21)18-3/h5-7,19H,4,8-11H2,1-3H3,(H,18,21). The molecule has 1 aromatic carbocycles. The van der Waals surface area contributed by atoms with Crippen molar-refractivity contribution in [3.05, 3.63) is 28.8 Å². The molecule has 1 aliphatic rings. The van der Waals surface area contributed by atoms with Gasteiger partial charge < -0.3 is 15.5 Å². The number of nitrogens with one attached hydrogen (secondary N) is 2. The molecule has 2 N–H and O–H groups in total. The molecule has 0 aliphatic carbocycles. The lowest BCUT2D eigenvalue weighted by atomic mass is 9.89. The van der Waals surface area contributed by atoms with E-state index in [1.54, 1.807) is 7.05 Å². The van der Waals surface area contributed by atoms with Gasteiger partial charge in [0, 0.05) is 26.7 Å². The van der Waals surface area contributed by atoms with Gasteiger partial charge in [-0.2, -0.15) is 0 Å². The summed E-state index contributed by atoms with van der Waals surface area (Å²) in [4.78, 5) is 14.3. The molecule has 1 saturated heterocycles. The van der Waals surface area contributed by atoms with E-state index in [1.165, 1.54) is 5.56 Å². The van der Waals surface area contributed by atoms with Gasteiger partial charge in [-0.3, -0.25) is 4.79 Å². The van der Waals surface area contributed by atoms with Gasteiger partial charge >= 0.3 is 0 Å². The first-order valence-electron chi connectivity index (χ1n) is 7.47. The Balaban J connectivity index is 2.25. The Labute approximate surface area is 131 Å². The summed E-state index contributed by atoms with van der Waals surface area (Å²) in [5, 5.41) is 6.87. The maximum Gasteiger partial charge on any atom is 0.227 e. The Morgan fingerprint density at radius 2 is 2.24 bits per heavy atom. The molecule has 1 aliphatic heterocycles. The van der Waals surface area contributed by atoms with E-state index in [0.29, 0.717) is 6.54 Å². The molecule has 5 heteroatoms. The lowest BCUT2D eigenvalue weighted by Gasteiger charge is -2.26. The van der Waals surface area contributed by atoms with E-state index >= 15 is 0 Å². The summed E-state index contributed by atoms with van der Waals surface area (Å²) in [5.74, 6) is 0.102. The predicted molar refractivity (Wildman–Crippen MR) is 87.8 cm³/mol. The van der Waals surface area contributed by atoms with Crippen molar-refractivity contribution in [1.29, 1.82) is 0 Å². The maximum atomic E-state index is 12.1. The molecule has 1 atom stereocenters. The van der Waals surface area contributed by atoms with Crippen molar-refractivity contribution in [2.75, 3.05) is 31.6 Å². The maximum absolute atomic E-state index is 12.1. The minimum atomic E-state index is -0.344. The van der Waals surface area contributed by atoms with Gasteiger partial charge in [0.15, 0.2) is 0 Å². The summed E-state index contributed by atoms with van der Waals surface area (Å²) in [6, 6.07) is 5.99. The highest BCUT2D eigenvalue weighted by Gasteiger charge is 2.40. The number of hydrogen-bond donors (Lipinski definition) is 2. The van der Waals surface area contributed by atoms with Gasteiger partial charge in [-0.1, -0.05) is 30.7 Å². The van der Waals surface area contributed by atoms with Crippen LogP contribution in [0.15, 0.2) is 18.2 Å². The lowest BCUT2D eigenvalue weighted by Crippen LogP contribution is -2.39. The highest BCUT2D eigenvalue weighted by atomic mass is 35.5. The van der Waals surface area contributed by atoms with E-state index in [2.05, 4.69) is 28.5 Å². The first-order valence-corrected chi connectivity index (χ1v) is 7.85. The van der Waals surface area contributed by atoms with Gasteiger partial charge in [0.05, 0.1) is 16.1 Å². The summed E-state index contributed by atoms with van der Waals surface area (Å²) >= 11 is 6.42. The second kappa shape index (κ2) is 6.67. The van der Waals surface area contributed by atoms with Crippen molar-refractivity contribution in [3.63, 3.8) is 0 Å². The van der Waals surface area contributed by atoms with Crippen molar-refractivity contribution in [3.8, 4) is 0 Å². The number of para-hydroxylation sites is 1. The molecule has 1 fully saturated rings. The quantitative estimate of drug-likeness (QED) is 0.878. The third-order valence-electron chi connectivity index (χ3n) is 4.20. The molecule has 21 heavy (non-hydrogen) atoms. The number of hydrogen-bond acceptors (Lipinski definition) is 3. The van der Waals surface area contributed by atoms with E-state index in [0.717, 1.165) is 36.8 Å². The summed E-state index contributed by atoms with van der Waals surface area (Å²) < 4.78 is 0. The Kier molecular flexibility index (Phi) is 5.12. The second-order valence-electron chi connectivity index (χ2n) is 5.84. The van der Waals surface area contributed by atoms with Crippen LogP contribution < -0.4 is 15.5 Å². The molecule has 0 spiro atoms. The molecule has 1 aromatic rings. The van der Waals surface area contributed by atoms with E-state index < -0.39 is 0 Å². The van der Waals surface area contributed by atoms with Crippen LogP contribution in [0.3, 0.4) is 0 Å². The van der Waals surface area contributed by atoms with E-state index in [9.17, 15) is 4.79 Å². The minimum Gasteiger partial charge on any atom is -0.369 e. The van der Waals surface area contributed by atoms with Crippen molar-refractivity contribution in [2.45, 2.75) is 26.8 Å². The zero-order valence-corrected chi connectivity index (χ0v) is 13.8. The van der Waals surface area contributed by atoms with Gasteiger partial charge in [-0.15, -0.1) is 0 Å². The molecular formula is C16H24ClN3O. The molecule has 0 bridgehead atoms. The summed E-state index contributed by atoms with van der Waals surface area (Å²) in [7, 11) is 1.70. The van der Waals surface area contributed by atoms with Crippen LogP contribution in [0.25, 0.3) is 0 Å². The molecular weight excluding hydrogens is 286 g/mol. The molecule has 0 aromatic heterocycles. The first-order chi connectivity index (χ1) is 10.0. The van der Waals surface area contributed by atoms with Crippen LogP contribution in [0.5, 0.6) is 0 Å². The Morgan fingerprint density at radius 1 is 1.48 bits per heavy atom. The fraction of sp³-hybridized carbons (Fsp3) is 0.562. The van der Waals surface area contributed by atoms with Crippen LogP contribution in [0.2, 0.25) is 5.02 Å². The highest BCUT2D eigenvalue weighted by molar-refractivity contribution is 6.33. The fourth-order valence-electron chi connectivity index (χ4n) is 2.96. The minimum absolute atomic E-state index is 0.102. The molecule has 0 saturated carbocycles. The number of rotatable bonds is 5. The number of halogens is 1. The highest BCUT2D eigenvalue weighted by Crippen LogP contribution is 2.38. The normalized spacial score (nSPS) is 21.6. The van der Waals surface area contributed by atoms with Crippen molar-refractivity contribution in [1.82, 2.24) is 10.6 Å². The van der Waals surface area contributed by atoms with Crippen molar-refractivity contribution < 1.29 is 4.79 Å². The van der Waals surface area contributed by atoms with Crippen molar-refractivity contribution >= 4 is 23.2 Å². The largest absolute Gasteiger partial charge is 0.369 e. The van der Waals surface area contributed by atoms with Crippen LogP contribution in [0, 0.1) is 5.41 Å². The number of nitrogens with zero attached hydrogens (tertiary/aromatic N) is 1. The van der Waals surface area contributed by atoms with Gasteiger partial charge in [0.1, 0.15) is 0 Å². The van der Waals surface area contributed by atoms with Crippen molar-refractivity contribution in [2.24, 2.45) is 5.41 Å². The number of carbonyl (C=O) groups excluding carboxylic acids is 1. The molecule has 4 nitrogen and oxygen atoms in total. The predicted octanol–water partition coefficient (Wildman–Crippen LogP) is 2.41. The lowest BCUT2D eigenvalue weighted by molar-refractivity contribution is -0.128. The Bertz CT molecular complexity index is 520. The number of benzene rings is 1. The zero-order valence-electron chi connectivity index (χ0n) is 13.0. The average Bonchev–Trinajstić information content (AvgIpc) is 2.87. The summed E-state index contributed by atoms with van der Waals surface area (Å²) in [5.41, 5.74) is 1.90. The van der Waals surface area contributed by atoms with Crippen LogP contribution in [-0.4, -0.2) is 32.6 Å². The SMILES string of the molecule is CCNCc1cccc(Cl)c1N1CCC(C)(C(=O)NC)C1. The number of amides is 1. The topological polar surface area (TPSA) is 44.4 Å². The second-order valence-corrected chi connectivity index (χ2v) is 6.25. The van der Waals surface area contributed by atoms with Gasteiger partial charge in [0.2, 0.25) is 5.91 Å². The molecule has 1 amide bonds. The number of carbonyl (C=O) groups is 1. The van der Waals surface area contributed by atoms with Gasteiger partial charge in [-0.25, -0.2) is 0 Å². The smallest absolute Gasteiger partial charge is 0.227 e.